The highest BCUT2D eigenvalue weighted by Crippen LogP contribution is 2.38. The number of benzene rings is 1. The zero-order valence-electron chi connectivity index (χ0n) is 8.65. The minimum Gasteiger partial charge on any atom is -0.489 e. The van der Waals surface area contributed by atoms with Gasteiger partial charge in [-0.2, -0.15) is 0 Å². The van der Waals surface area contributed by atoms with Crippen LogP contribution in [0.2, 0.25) is 0 Å². The Morgan fingerprint density at radius 1 is 1.47 bits per heavy atom. The molecule has 1 N–H and O–H groups in total. The van der Waals surface area contributed by atoms with Crippen molar-refractivity contribution in [2.45, 2.75) is 25.5 Å². The number of hydrogen-bond donors (Lipinski definition) is 1. The van der Waals surface area contributed by atoms with E-state index in [-0.39, 0.29) is 6.61 Å². The molecule has 2 heterocycles. The molecule has 1 aromatic rings. The van der Waals surface area contributed by atoms with Gasteiger partial charge in [-0.25, -0.2) is 0 Å². The number of ether oxygens (including phenoxy) is 1. The molecule has 0 bridgehead atoms. The lowest BCUT2D eigenvalue weighted by molar-refractivity contribution is 0.265. The summed E-state index contributed by atoms with van der Waals surface area (Å²) in [5.41, 5.74) is 2.12. The predicted octanol–water partition coefficient (Wildman–Crippen LogP) is 1.54. The van der Waals surface area contributed by atoms with Crippen molar-refractivity contribution >= 4 is 5.69 Å². The quantitative estimate of drug-likeness (QED) is 0.755. The molecule has 1 unspecified atom stereocenters. The molecule has 0 spiro atoms. The van der Waals surface area contributed by atoms with Crippen LogP contribution in [0.5, 0.6) is 5.75 Å². The van der Waals surface area contributed by atoms with Gasteiger partial charge in [-0.15, -0.1) is 0 Å². The lowest BCUT2D eigenvalue weighted by atomic mass is 10.1. The molecule has 2 aliphatic heterocycles. The first-order valence-corrected chi connectivity index (χ1v) is 5.52. The highest BCUT2D eigenvalue weighted by molar-refractivity contribution is 5.62. The second-order valence-corrected chi connectivity index (χ2v) is 4.26. The van der Waals surface area contributed by atoms with E-state index in [1.807, 2.05) is 12.1 Å². The summed E-state index contributed by atoms with van der Waals surface area (Å²) in [6, 6.07) is 6.56. The third-order valence-electron chi connectivity index (χ3n) is 3.32. The summed E-state index contributed by atoms with van der Waals surface area (Å²) in [7, 11) is 0. The molecule has 2 aliphatic rings. The lowest BCUT2D eigenvalue weighted by Crippen LogP contribution is -2.38. The van der Waals surface area contributed by atoms with Gasteiger partial charge in [-0.3, -0.25) is 0 Å². The Kier molecular flexibility index (Phi) is 2.06. The second-order valence-electron chi connectivity index (χ2n) is 4.26. The van der Waals surface area contributed by atoms with Crippen molar-refractivity contribution in [3.05, 3.63) is 23.8 Å². The smallest absolute Gasteiger partial charge is 0.143 e. The fourth-order valence-corrected chi connectivity index (χ4v) is 2.52. The van der Waals surface area contributed by atoms with Gasteiger partial charge in [0.1, 0.15) is 12.4 Å². The highest BCUT2D eigenvalue weighted by Gasteiger charge is 2.31. The van der Waals surface area contributed by atoms with Gasteiger partial charge in [-0.1, -0.05) is 6.07 Å². The van der Waals surface area contributed by atoms with Gasteiger partial charge < -0.3 is 14.7 Å². The standard InChI is InChI=1S/C12H15NO2/c14-7-9-3-4-11-12(6-9)15-8-10-2-1-5-13(10)11/h3-4,6,10,14H,1-2,5,7-8H2. The summed E-state index contributed by atoms with van der Waals surface area (Å²) in [6.45, 7) is 2.02. The molecule has 0 amide bonds. The van der Waals surface area contributed by atoms with Gasteiger partial charge in [0.25, 0.3) is 0 Å². The number of aliphatic hydroxyl groups is 1. The first kappa shape index (κ1) is 9.04. The molecule has 1 atom stereocenters. The van der Waals surface area contributed by atoms with Crippen molar-refractivity contribution in [3.8, 4) is 5.75 Å². The molecule has 0 saturated carbocycles. The number of hydrogen-bond acceptors (Lipinski definition) is 3. The number of fused-ring (bicyclic) bond motifs is 3. The number of aliphatic hydroxyl groups excluding tert-OH is 1. The first-order valence-electron chi connectivity index (χ1n) is 5.52. The summed E-state index contributed by atoms with van der Waals surface area (Å²) in [4.78, 5) is 2.43. The van der Waals surface area contributed by atoms with Gasteiger partial charge in [0.15, 0.2) is 0 Å². The van der Waals surface area contributed by atoms with Crippen LogP contribution in [0.4, 0.5) is 5.69 Å². The minimum absolute atomic E-state index is 0.0834. The van der Waals surface area contributed by atoms with Crippen LogP contribution in [0.3, 0.4) is 0 Å². The Labute approximate surface area is 89.3 Å². The summed E-state index contributed by atoms with van der Waals surface area (Å²) < 4.78 is 5.73. The number of nitrogens with zero attached hydrogens (tertiary/aromatic N) is 1. The Morgan fingerprint density at radius 3 is 3.27 bits per heavy atom. The Hall–Kier alpha value is -1.22. The molecular weight excluding hydrogens is 190 g/mol. The minimum atomic E-state index is 0.0834. The van der Waals surface area contributed by atoms with Gasteiger partial charge >= 0.3 is 0 Å². The molecule has 3 nitrogen and oxygen atoms in total. The van der Waals surface area contributed by atoms with Crippen LogP contribution in [0.15, 0.2) is 18.2 Å². The normalized spacial score (nSPS) is 23.3. The van der Waals surface area contributed by atoms with Crippen LogP contribution in [-0.4, -0.2) is 24.3 Å². The summed E-state index contributed by atoms with van der Waals surface area (Å²) in [6.07, 6.45) is 2.50. The number of rotatable bonds is 1. The zero-order chi connectivity index (χ0) is 10.3. The van der Waals surface area contributed by atoms with E-state index in [0.29, 0.717) is 6.04 Å². The topological polar surface area (TPSA) is 32.7 Å². The molecule has 80 valence electrons. The van der Waals surface area contributed by atoms with Gasteiger partial charge in [0, 0.05) is 6.54 Å². The predicted molar refractivity (Wildman–Crippen MR) is 58.2 cm³/mol. The maximum Gasteiger partial charge on any atom is 0.143 e. The maximum absolute atomic E-state index is 9.06. The Balaban J connectivity index is 2.00. The summed E-state index contributed by atoms with van der Waals surface area (Å²) in [5, 5.41) is 9.06. The monoisotopic (exact) mass is 205 g/mol. The molecule has 0 aliphatic carbocycles. The third-order valence-corrected chi connectivity index (χ3v) is 3.32. The SMILES string of the molecule is OCc1ccc2c(c1)OCC1CCCN21. The van der Waals surface area contributed by atoms with E-state index in [0.717, 1.165) is 24.5 Å². The van der Waals surface area contributed by atoms with Crippen molar-refractivity contribution in [3.63, 3.8) is 0 Å². The molecule has 0 aromatic heterocycles. The molecular formula is C12H15NO2. The largest absolute Gasteiger partial charge is 0.489 e. The second kappa shape index (κ2) is 3.42. The fourth-order valence-electron chi connectivity index (χ4n) is 2.52. The first-order chi connectivity index (χ1) is 7.38. The third kappa shape index (κ3) is 1.38. The van der Waals surface area contributed by atoms with E-state index < -0.39 is 0 Å². The van der Waals surface area contributed by atoms with Crippen molar-refractivity contribution in [2.75, 3.05) is 18.1 Å². The van der Waals surface area contributed by atoms with Crippen molar-refractivity contribution in [1.82, 2.24) is 0 Å². The number of anilines is 1. The Bertz CT molecular complexity index is 378. The van der Waals surface area contributed by atoms with Crippen LogP contribution >= 0.6 is 0 Å². The van der Waals surface area contributed by atoms with Gasteiger partial charge in [0.05, 0.1) is 18.3 Å². The van der Waals surface area contributed by atoms with Crippen molar-refractivity contribution in [1.29, 1.82) is 0 Å². The van der Waals surface area contributed by atoms with E-state index in [4.69, 9.17) is 9.84 Å². The van der Waals surface area contributed by atoms with E-state index >= 15 is 0 Å². The van der Waals surface area contributed by atoms with Gasteiger partial charge in [-0.05, 0) is 30.5 Å². The van der Waals surface area contributed by atoms with Crippen LogP contribution in [0.1, 0.15) is 18.4 Å². The maximum atomic E-state index is 9.06. The zero-order valence-corrected chi connectivity index (χ0v) is 8.65. The molecule has 1 fully saturated rings. The van der Waals surface area contributed by atoms with E-state index in [2.05, 4.69) is 11.0 Å². The van der Waals surface area contributed by atoms with E-state index in [1.54, 1.807) is 0 Å². The molecule has 0 radical (unpaired) electrons. The van der Waals surface area contributed by atoms with Gasteiger partial charge in [0.2, 0.25) is 0 Å². The molecule has 1 aromatic carbocycles. The average Bonchev–Trinajstić information content (AvgIpc) is 2.76. The van der Waals surface area contributed by atoms with Crippen LogP contribution in [0.25, 0.3) is 0 Å². The fraction of sp³-hybridized carbons (Fsp3) is 0.500. The molecule has 1 saturated heterocycles. The highest BCUT2D eigenvalue weighted by atomic mass is 16.5. The van der Waals surface area contributed by atoms with Crippen molar-refractivity contribution in [2.24, 2.45) is 0 Å². The Morgan fingerprint density at radius 2 is 2.40 bits per heavy atom. The molecule has 3 rings (SSSR count). The average molecular weight is 205 g/mol. The molecule has 15 heavy (non-hydrogen) atoms. The van der Waals surface area contributed by atoms with E-state index in [9.17, 15) is 0 Å². The van der Waals surface area contributed by atoms with Crippen molar-refractivity contribution < 1.29 is 9.84 Å². The molecule has 3 heteroatoms. The lowest BCUT2D eigenvalue weighted by Gasteiger charge is -2.33. The van der Waals surface area contributed by atoms with Crippen LogP contribution in [-0.2, 0) is 6.61 Å². The summed E-state index contributed by atoms with van der Waals surface area (Å²) in [5.74, 6) is 0.930. The summed E-state index contributed by atoms with van der Waals surface area (Å²) >= 11 is 0. The van der Waals surface area contributed by atoms with Crippen LogP contribution < -0.4 is 9.64 Å². The van der Waals surface area contributed by atoms with E-state index in [1.165, 1.54) is 18.5 Å². The van der Waals surface area contributed by atoms with Crippen LogP contribution in [0, 0.1) is 0 Å².